The van der Waals surface area contributed by atoms with E-state index in [1.165, 1.54) is 12.8 Å². The van der Waals surface area contributed by atoms with Gasteiger partial charge in [0.2, 0.25) is 10.0 Å². The standard InChI is InChI=1S/C18H29N3O3S/c1-13-16(18(22)21-11-7-8-12-21)17(14(2)19-13)25(23,24)20-15-9-5-3-4-6-10-15/h15,19-20H,3-12H2,1-2H3. The Labute approximate surface area is 150 Å². The molecule has 0 bridgehead atoms. The lowest BCUT2D eigenvalue weighted by atomic mass is 10.1. The number of H-pyrrole nitrogens is 1. The maximum Gasteiger partial charge on any atom is 0.257 e. The van der Waals surface area contributed by atoms with Crippen LogP contribution in [0, 0.1) is 13.8 Å². The van der Waals surface area contributed by atoms with E-state index in [2.05, 4.69) is 9.71 Å². The molecule has 3 rings (SSSR count). The largest absolute Gasteiger partial charge is 0.361 e. The van der Waals surface area contributed by atoms with E-state index >= 15 is 0 Å². The van der Waals surface area contributed by atoms with Gasteiger partial charge < -0.3 is 9.88 Å². The molecule has 2 aliphatic rings. The highest BCUT2D eigenvalue weighted by molar-refractivity contribution is 7.89. The van der Waals surface area contributed by atoms with Crippen molar-refractivity contribution in [1.82, 2.24) is 14.6 Å². The smallest absolute Gasteiger partial charge is 0.257 e. The van der Waals surface area contributed by atoms with Crippen LogP contribution in [0.4, 0.5) is 0 Å². The molecule has 0 atom stereocenters. The van der Waals surface area contributed by atoms with Gasteiger partial charge in [-0.3, -0.25) is 4.79 Å². The van der Waals surface area contributed by atoms with Gasteiger partial charge in [-0.05, 0) is 39.5 Å². The molecular weight excluding hydrogens is 338 g/mol. The average molecular weight is 368 g/mol. The molecule has 7 heteroatoms. The first-order valence-corrected chi connectivity index (χ1v) is 10.9. The summed E-state index contributed by atoms with van der Waals surface area (Å²) >= 11 is 0. The van der Waals surface area contributed by atoms with Crippen LogP contribution in [-0.2, 0) is 10.0 Å². The Morgan fingerprint density at radius 3 is 2.20 bits per heavy atom. The minimum atomic E-state index is -3.72. The Hall–Kier alpha value is -1.34. The fourth-order valence-corrected chi connectivity index (χ4v) is 5.86. The Bertz CT molecular complexity index is 725. The molecule has 140 valence electrons. The summed E-state index contributed by atoms with van der Waals surface area (Å²) in [4.78, 5) is 17.9. The van der Waals surface area contributed by atoms with Crippen LogP contribution in [0.15, 0.2) is 4.90 Å². The van der Waals surface area contributed by atoms with Crippen LogP contribution < -0.4 is 4.72 Å². The SMILES string of the molecule is Cc1[nH]c(C)c(S(=O)(=O)NC2CCCCCC2)c1C(=O)N1CCCC1. The number of amides is 1. The molecule has 1 saturated heterocycles. The number of carbonyl (C=O) groups is 1. The number of aromatic nitrogens is 1. The van der Waals surface area contributed by atoms with Gasteiger partial charge >= 0.3 is 0 Å². The summed E-state index contributed by atoms with van der Waals surface area (Å²) < 4.78 is 29.0. The van der Waals surface area contributed by atoms with E-state index in [0.717, 1.165) is 38.5 Å². The van der Waals surface area contributed by atoms with E-state index < -0.39 is 10.0 Å². The molecule has 0 aromatic carbocycles. The molecular formula is C18H29N3O3S. The molecule has 2 fully saturated rings. The molecule has 1 amide bonds. The van der Waals surface area contributed by atoms with E-state index in [0.29, 0.717) is 30.0 Å². The van der Waals surface area contributed by atoms with Gasteiger partial charge in [0, 0.05) is 30.5 Å². The van der Waals surface area contributed by atoms with Crippen LogP contribution in [-0.4, -0.2) is 43.3 Å². The molecule has 2 N–H and O–H groups in total. The molecule has 0 radical (unpaired) electrons. The van der Waals surface area contributed by atoms with E-state index in [1.807, 2.05) is 0 Å². The Kier molecular flexibility index (Phi) is 5.53. The van der Waals surface area contributed by atoms with Gasteiger partial charge in [0.1, 0.15) is 4.90 Å². The second-order valence-electron chi connectivity index (χ2n) is 7.39. The Balaban J connectivity index is 1.90. The van der Waals surface area contributed by atoms with Crippen molar-refractivity contribution >= 4 is 15.9 Å². The van der Waals surface area contributed by atoms with Gasteiger partial charge in [0.15, 0.2) is 0 Å². The molecule has 0 unspecified atom stereocenters. The molecule has 1 aromatic rings. The van der Waals surface area contributed by atoms with Gasteiger partial charge in [-0.25, -0.2) is 13.1 Å². The molecule has 1 aromatic heterocycles. The Morgan fingerprint density at radius 1 is 1.00 bits per heavy atom. The molecule has 2 heterocycles. The van der Waals surface area contributed by atoms with Gasteiger partial charge in [0.25, 0.3) is 5.91 Å². The first-order valence-electron chi connectivity index (χ1n) is 9.41. The first-order chi connectivity index (χ1) is 11.9. The molecule has 1 aliphatic heterocycles. The van der Waals surface area contributed by atoms with E-state index in [-0.39, 0.29) is 16.8 Å². The topological polar surface area (TPSA) is 82.3 Å². The molecule has 1 saturated carbocycles. The number of hydrogen-bond acceptors (Lipinski definition) is 3. The number of sulfonamides is 1. The summed E-state index contributed by atoms with van der Waals surface area (Å²) in [5.74, 6) is -0.166. The van der Waals surface area contributed by atoms with Crippen molar-refractivity contribution in [3.8, 4) is 0 Å². The maximum absolute atomic E-state index is 13.1. The van der Waals surface area contributed by atoms with Gasteiger partial charge in [-0.2, -0.15) is 0 Å². The predicted octanol–water partition coefficient (Wildman–Crippen LogP) is 2.87. The van der Waals surface area contributed by atoms with E-state index in [4.69, 9.17) is 0 Å². The zero-order chi connectivity index (χ0) is 18.0. The van der Waals surface area contributed by atoms with Crippen LogP contribution in [0.3, 0.4) is 0 Å². The summed E-state index contributed by atoms with van der Waals surface area (Å²) in [6.07, 6.45) is 8.15. The number of hydrogen-bond donors (Lipinski definition) is 2. The van der Waals surface area contributed by atoms with Gasteiger partial charge in [0.05, 0.1) is 5.56 Å². The number of aromatic amines is 1. The molecule has 1 aliphatic carbocycles. The Morgan fingerprint density at radius 2 is 1.60 bits per heavy atom. The third-order valence-electron chi connectivity index (χ3n) is 5.37. The zero-order valence-electron chi connectivity index (χ0n) is 15.2. The second-order valence-corrected chi connectivity index (χ2v) is 9.04. The zero-order valence-corrected chi connectivity index (χ0v) is 16.0. The van der Waals surface area contributed by atoms with Gasteiger partial charge in [-0.1, -0.05) is 25.7 Å². The lowest BCUT2D eigenvalue weighted by Crippen LogP contribution is -2.36. The first kappa shape index (κ1) is 18.5. The fraction of sp³-hybridized carbons (Fsp3) is 0.722. The molecule has 25 heavy (non-hydrogen) atoms. The maximum atomic E-state index is 13.1. The normalized spacial score (nSPS) is 20.0. The van der Waals surface area contributed by atoms with Crippen molar-refractivity contribution in [2.45, 2.75) is 76.2 Å². The minimum absolute atomic E-state index is 0.0307. The lowest BCUT2D eigenvalue weighted by Gasteiger charge is -2.19. The van der Waals surface area contributed by atoms with Crippen molar-refractivity contribution in [2.24, 2.45) is 0 Å². The van der Waals surface area contributed by atoms with E-state index in [9.17, 15) is 13.2 Å². The summed E-state index contributed by atoms with van der Waals surface area (Å²) in [6, 6.07) is -0.0307. The third-order valence-corrected chi connectivity index (χ3v) is 7.06. The monoisotopic (exact) mass is 367 g/mol. The highest BCUT2D eigenvalue weighted by Gasteiger charge is 2.33. The summed E-state index contributed by atoms with van der Waals surface area (Å²) in [6.45, 7) is 4.92. The number of likely N-dealkylation sites (tertiary alicyclic amines) is 1. The highest BCUT2D eigenvalue weighted by atomic mass is 32.2. The highest BCUT2D eigenvalue weighted by Crippen LogP contribution is 2.28. The van der Waals surface area contributed by atoms with E-state index in [1.54, 1.807) is 18.7 Å². The summed E-state index contributed by atoms with van der Waals surface area (Å²) in [7, 11) is -3.72. The van der Waals surface area contributed by atoms with Crippen molar-refractivity contribution in [2.75, 3.05) is 13.1 Å². The summed E-state index contributed by atoms with van der Waals surface area (Å²) in [5, 5.41) is 0. The number of nitrogens with one attached hydrogen (secondary N) is 2. The average Bonchev–Trinajstić information content (AvgIpc) is 3.10. The third kappa shape index (κ3) is 3.92. The molecule has 6 nitrogen and oxygen atoms in total. The van der Waals surface area contributed by atoms with Crippen LogP contribution >= 0.6 is 0 Å². The predicted molar refractivity (Wildman–Crippen MR) is 97.2 cm³/mol. The van der Waals surface area contributed by atoms with Crippen LogP contribution in [0.2, 0.25) is 0 Å². The number of carbonyl (C=O) groups excluding carboxylic acids is 1. The fourth-order valence-electron chi connectivity index (χ4n) is 4.11. The lowest BCUT2D eigenvalue weighted by molar-refractivity contribution is 0.0788. The minimum Gasteiger partial charge on any atom is -0.361 e. The number of nitrogens with zero attached hydrogens (tertiary/aromatic N) is 1. The van der Waals surface area contributed by atoms with Crippen molar-refractivity contribution in [3.63, 3.8) is 0 Å². The molecule has 0 spiro atoms. The van der Waals surface area contributed by atoms with Crippen molar-refractivity contribution in [1.29, 1.82) is 0 Å². The number of rotatable bonds is 4. The number of aryl methyl sites for hydroxylation is 2. The quantitative estimate of drug-likeness (QED) is 0.803. The second kappa shape index (κ2) is 7.50. The van der Waals surface area contributed by atoms with Gasteiger partial charge in [-0.15, -0.1) is 0 Å². The van der Waals surface area contributed by atoms with Crippen molar-refractivity contribution in [3.05, 3.63) is 17.0 Å². The summed E-state index contributed by atoms with van der Waals surface area (Å²) in [5.41, 5.74) is 1.50. The van der Waals surface area contributed by atoms with Crippen LogP contribution in [0.25, 0.3) is 0 Å². The van der Waals surface area contributed by atoms with Crippen molar-refractivity contribution < 1.29 is 13.2 Å². The van der Waals surface area contributed by atoms with Crippen LogP contribution in [0.1, 0.15) is 73.1 Å². The van der Waals surface area contributed by atoms with Crippen LogP contribution in [0.5, 0.6) is 0 Å².